The Bertz CT molecular complexity index is 1180. The molecule has 8 heteroatoms. The van der Waals surface area contributed by atoms with Crippen molar-refractivity contribution in [3.05, 3.63) is 52.2 Å². The molecule has 2 aliphatic rings. The molecule has 168 valence electrons. The maximum atomic E-state index is 13.5. The standard InChI is InChI=1S/C24H30N6O2/c1-17-8-10-19(11-9-17)30-22-20(25-16-27(2)24(22)32)21(26-30)23(31)29-14-12-28(13-15-29)18-6-4-3-5-7-18/h8-11,16,18H,3-7,12-15H2,1-2H3. The monoisotopic (exact) mass is 434 g/mol. The van der Waals surface area contributed by atoms with Crippen LogP contribution in [-0.4, -0.2) is 67.3 Å². The van der Waals surface area contributed by atoms with Gasteiger partial charge in [0.05, 0.1) is 12.0 Å². The zero-order chi connectivity index (χ0) is 22.2. The number of hydrogen-bond donors (Lipinski definition) is 0. The van der Waals surface area contributed by atoms with Gasteiger partial charge < -0.3 is 9.47 Å². The maximum Gasteiger partial charge on any atom is 0.279 e. The van der Waals surface area contributed by atoms with Gasteiger partial charge in [0.25, 0.3) is 11.5 Å². The van der Waals surface area contributed by atoms with E-state index < -0.39 is 0 Å². The lowest BCUT2D eigenvalue weighted by molar-refractivity contribution is 0.0519. The molecule has 5 rings (SSSR count). The van der Waals surface area contributed by atoms with E-state index in [1.807, 2.05) is 36.1 Å². The first kappa shape index (κ1) is 20.9. The predicted octanol–water partition coefficient (Wildman–Crippen LogP) is 2.52. The predicted molar refractivity (Wildman–Crippen MR) is 123 cm³/mol. The summed E-state index contributed by atoms with van der Waals surface area (Å²) in [6.45, 7) is 5.15. The Hall–Kier alpha value is -3.00. The Morgan fingerprint density at radius 3 is 2.38 bits per heavy atom. The number of aryl methyl sites for hydroxylation is 2. The number of aromatic nitrogens is 4. The zero-order valence-corrected chi connectivity index (χ0v) is 18.8. The average Bonchev–Trinajstić information content (AvgIpc) is 3.22. The fourth-order valence-electron chi connectivity index (χ4n) is 4.99. The highest BCUT2D eigenvalue weighted by Gasteiger charge is 2.30. The number of hydrogen-bond acceptors (Lipinski definition) is 5. The van der Waals surface area contributed by atoms with Gasteiger partial charge in [0, 0.05) is 39.3 Å². The number of benzene rings is 1. The van der Waals surface area contributed by atoms with Crippen LogP contribution in [0.2, 0.25) is 0 Å². The van der Waals surface area contributed by atoms with Crippen molar-refractivity contribution in [2.45, 2.75) is 45.1 Å². The Morgan fingerprint density at radius 2 is 1.69 bits per heavy atom. The van der Waals surface area contributed by atoms with Crippen LogP contribution in [0.25, 0.3) is 16.7 Å². The van der Waals surface area contributed by atoms with Gasteiger partial charge in [0.1, 0.15) is 5.52 Å². The molecule has 1 aromatic carbocycles. The highest BCUT2D eigenvalue weighted by molar-refractivity contribution is 6.03. The minimum absolute atomic E-state index is 0.148. The van der Waals surface area contributed by atoms with Crippen LogP contribution in [0.3, 0.4) is 0 Å². The molecule has 1 aliphatic carbocycles. The normalized spacial score (nSPS) is 18.4. The summed E-state index contributed by atoms with van der Waals surface area (Å²) in [7, 11) is 1.66. The van der Waals surface area contributed by atoms with Crippen molar-refractivity contribution < 1.29 is 4.79 Å². The molecule has 8 nitrogen and oxygen atoms in total. The van der Waals surface area contributed by atoms with Gasteiger partial charge in [-0.2, -0.15) is 5.10 Å². The first-order valence-corrected chi connectivity index (χ1v) is 11.6. The van der Waals surface area contributed by atoms with Gasteiger partial charge in [-0.25, -0.2) is 9.67 Å². The van der Waals surface area contributed by atoms with Gasteiger partial charge >= 0.3 is 0 Å². The SMILES string of the molecule is Cc1ccc(-n2nc(C(=O)N3CCN(C4CCCCC4)CC3)c3ncn(C)c(=O)c32)cc1. The summed E-state index contributed by atoms with van der Waals surface area (Å²) in [6, 6.07) is 8.41. The molecule has 0 unspecified atom stereocenters. The number of fused-ring (bicyclic) bond motifs is 1. The van der Waals surface area contributed by atoms with E-state index in [0.29, 0.717) is 30.2 Å². The summed E-state index contributed by atoms with van der Waals surface area (Å²) in [5.41, 5.74) is 2.60. The van der Waals surface area contributed by atoms with Crippen LogP contribution in [0.15, 0.2) is 35.4 Å². The second-order valence-corrected chi connectivity index (χ2v) is 9.07. The Balaban J connectivity index is 1.45. The van der Waals surface area contributed by atoms with Gasteiger partial charge in [-0.05, 0) is 31.9 Å². The molecule has 1 aliphatic heterocycles. The van der Waals surface area contributed by atoms with Crippen LogP contribution >= 0.6 is 0 Å². The second-order valence-electron chi connectivity index (χ2n) is 9.07. The van der Waals surface area contributed by atoms with Crippen LogP contribution in [0.4, 0.5) is 0 Å². The lowest BCUT2D eigenvalue weighted by Crippen LogP contribution is -2.52. The van der Waals surface area contributed by atoms with E-state index in [9.17, 15) is 9.59 Å². The second kappa shape index (κ2) is 8.50. The average molecular weight is 435 g/mol. The van der Waals surface area contributed by atoms with Crippen molar-refractivity contribution in [3.8, 4) is 5.69 Å². The lowest BCUT2D eigenvalue weighted by atomic mass is 9.94. The molecule has 0 bridgehead atoms. The van der Waals surface area contributed by atoms with E-state index in [-0.39, 0.29) is 17.2 Å². The molecular formula is C24H30N6O2. The van der Waals surface area contributed by atoms with Crippen LogP contribution in [0.1, 0.15) is 48.2 Å². The van der Waals surface area contributed by atoms with E-state index in [4.69, 9.17) is 0 Å². The Kier molecular flexibility index (Phi) is 5.55. The van der Waals surface area contributed by atoms with Crippen LogP contribution < -0.4 is 5.56 Å². The number of rotatable bonds is 3. The third-order valence-electron chi connectivity index (χ3n) is 6.92. The van der Waals surface area contributed by atoms with Gasteiger partial charge in [0.2, 0.25) is 0 Å². The molecule has 3 heterocycles. The summed E-state index contributed by atoms with van der Waals surface area (Å²) >= 11 is 0. The molecule has 3 aromatic rings. The quantitative estimate of drug-likeness (QED) is 0.633. The number of amides is 1. The molecule has 0 spiro atoms. The maximum absolute atomic E-state index is 13.5. The van der Waals surface area contributed by atoms with Crippen LogP contribution in [-0.2, 0) is 7.05 Å². The zero-order valence-electron chi connectivity index (χ0n) is 18.8. The van der Waals surface area contributed by atoms with E-state index >= 15 is 0 Å². The summed E-state index contributed by atoms with van der Waals surface area (Å²) in [6.07, 6.45) is 7.97. The number of nitrogens with zero attached hydrogens (tertiary/aromatic N) is 6. The smallest absolute Gasteiger partial charge is 0.279 e. The van der Waals surface area contributed by atoms with Crippen LogP contribution in [0.5, 0.6) is 0 Å². The molecule has 0 atom stereocenters. The molecular weight excluding hydrogens is 404 g/mol. The lowest BCUT2D eigenvalue weighted by Gasteiger charge is -2.40. The molecule has 1 saturated carbocycles. The van der Waals surface area contributed by atoms with Crippen molar-refractivity contribution >= 4 is 16.9 Å². The molecule has 1 saturated heterocycles. The molecule has 0 radical (unpaired) electrons. The highest BCUT2D eigenvalue weighted by Crippen LogP contribution is 2.25. The third kappa shape index (κ3) is 3.72. The molecule has 2 aromatic heterocycles. The van der Waals surface area contributed by atoms with E-state index in [1.54, 1.807) is 11.7 Å². The molecule has 1 amide bonds. The summed E-state index contributed by atoms with van der Waals surface area (Å²) in [4.78, 5) is 35.3. The number of carbonyl (C=O) groups is 1. The summed E-state index contributed by atoms with van der Waals surface area (Å²) < 4.78 is 2.99. The fourth-order valence-corrected chi connectivity index (χ4v) is 4.99. The third-order valence-corrected chi connectivity index (χ3v) is 6.92. The molecule has 2 fully saturated rings. The largest absolute Gasteiger partial charge is 0.335 e. The van der Waals surface area contributed by atoms with E-state index in [1.165, 1.54) is 43.0 Å². The van der Waals surface area contributed by atoms with Gasteiger partial charge in [-0.1, -0.05) is 37.0 Å². The first-order valence-electron chi connectivity index (χ1n) is 11.6. The Morgan fingerprint density at radius 1 is 1.00 bits per heavy atom. The minimum Gasteiger partial charge on any atom is -0.335 e. The van der Waals surface area contributed by atoms with Crippen molar-refractivity contribution in [2.24, 2.45) is 7.05 Å². The topological polar surface area (TPSA) is 76.3 Å². The van der Waals surface area contributed by atoms with Crippen molar-refractivity contribution in [2.75, 3.05) is 26.2 Å². The highest BCUT2D eigenvalue weighted by atomic mass is 16.2. The van der Waals surface area contributed by atoms with Crippen LogP contribution in [0, 0.1) is 6.92 Å². The van der Waals surface area contributed by atoms with Crippen molar-refractivity contribution in [1.82, 2.24) is 29.1 Å². The Labute approximate surface area is 187 Å². The number of piperazine rings is 1. The number of carbonyl (C=O) groups excluding carboxylic acids is 1. The van der Waals surface area contributed by atoms with Gasteiger partial charge in [-0.3, -0.25) is 14.5 Å². The van der Waals surface area contributed by atoms with Gasteiger partial charge in [-0.15, -0.1) is 0 Å². The van der Waals surface area contributed by atoms with E-state index in [2.05, 4.69) is 15.0 Å². The van der Waals surface area contributed by atoms with Crippen molar-refractivity contribution in [3.63, 3.8) is 0 Å². The van der Waals surface area contributed by atoms with E-state index in [0.717, 1.165) is 24.3 Å². The fraction of sp³-hybridized carbons (Fsp3) is 0.500. The summed E-state index contributed by atoms with van der Waals surface area (Å²) in [5, 5.41) is 4.61. The summed E-state index contributed by atoms with van der Waals surface area (Å²) in [5.74, 6) is -0.148. The molecule has 0 N–H and O–H groups in total. The molecule has 32 heavy (non-hydrogen) atoms. The van der Waals surface area contributed by atoms with Gasteiger partial charge in [0.15, 0.2) is 11.2 Å². The first-order chi connectivity index (χ1) is 15.5. The van der Waals surface area contributed by atoms with Crippen molar-refractivity contribution in [1.29, 1.82) is 0 Å². The minimum atomic E-state index is -0.218.